The number of hydrogen-bond donors (Lipinski definition) is 0. The van der Waals surface area contributed by atoms with E-state index in [1.165, 1.54) is 16.0 Å². The number of hydrogen-bond acceptors (Lipinski definition) is 3. The molecule has 1 aliphatic heterocycles. The predicted molar refractivity (Wildman–Crippen MR) is 132 cm³/mol. The maximum absolute atomic E-state index is 13.1. The van der Waals surface area contributed by atoms with Gasteiger partial charge in [0.15, 0.2) is 0 Å². The van der Waals surface area contributed by atoms with Crippen molar-refractivity contribution in [3.05, 3.63) is 102 Å². The smallest absolute Gasteiger partial charge is 0.222 e. The lowest BCUT2D eigenvalue weighted by Crippen LogP contribution is -2.43. The lowest BCUT2D eigenvalue weighted by Gasteiger charge is -2.31. The maximum atomic E-state index is 13.1. The van der Waals surface area contributed by atoms with Gasteiger partial charge in [-0.25, -0.2) is 0 Å². The molecule has 0 N–H and O–H groups in total. The topological polar surface area (TPSA) is 29.5 Å². The summed E-state index contributed by atoms with van der Waals surface area (Å²) >= 11 is 1.83. The number of carbonyl (C=O) groups excluding carboxylic acids is 1. The second-order valence-electron chi connectivity index (χ2n) is 8.30. The molecule has 0 radical (unpaired) electrons. The average molecular weight is 446 g/mol. The third-order valence-electron chi connectivity index (χ3n) is 5.96. The first-order valence-corrected chi connectivity index (χ1v) is 12.4. The first-order valence-electron chi connectivity index (χ1n) is 11.4. The van der Waals surface area contributed by atoms with E-state index >= 15 is 0 Å². The summed E-state index contributed by atoms with van der Waals surface area (Å²) in [5.74, 6) is 1.14. The summed E-state index contributed by atoms with van der Waals surface area (Å²) < 4.78 is 6.19. The van der Waals surface area contributed by atoms with Crippen molar-refractivity contribution in [3.8, 4) is 0 Å². The summed E-state index contributed by atoms with van der Waals surface area (Å²) in [6, 6.07) is 31.4. The second kappa shape index (κ2) is 11.9. The van der Waals surface area contributed by atoms with E-state index in [2.05, 4.69) is 65.6 Å². The van der Waals surface area contributed by atoms with Gasteiger partial charge < -0.3 is 9.64 Å². The lowest BCUT2D eigenvalue weighted by molar-refractivity contribution is -0.132. The van der Waals surface area contributed by atoms with Crippen molar-refractivity contribution in [1.29, 1.82) is 0 Å². The number of nitrogens with zero attached hydrogens (tertiary/aromatic N) is 1. The molecular formula is C28H31NO2S. The summed E-state index contributed by atoms with van der Waals surface area (Å²) in [6.07, 6.45) is 3.25. The zero-order valence-corrected chi connectivity index (χ0v) is 19.3. The number of thioether (sulfide) groups is 1. The molecule has 3 aromatic carbocycles. The highest BCUT2D eigenvalue weighted by Gasteiger charge is 2.28. The SMILES string of the molecule is O=C1CCC(OCc2ccccc2)CCN1[C@H](CSc1ccccc1)Cc1ccccc1. The molecule has 4 rings (SSSR count). The lowest BCUT2D eigenvalue weighted by atomic mass is 10.1. The Bertz CT molecular complexity index is 949. The predicted octanol–water partition coefficient (Wildman–Crippen LogP) is 5.99. The standard InChI is InChI=1S/C28H31NO2S/c30-28-17-16-26(31-21-24-12-6-2-7-13-24)18-19-29(28)25(20-23-10-4-1-5-11-23)22-32-27-14-8-3-9-15-27/h1-15,25-26H,16-22H2/t25-,26?/m0/s1. The van der Waals surface area contributed by atoms with Gasteiger partial charge in [0.25, 0.3) is 0 Å². The molecule has 0 aromatic heterocycles. The fourth-order valence-electron chi connectivity index (χ4n) is 4.18. The molecule has 1 aliphatic rings. The van der Waals surface area contributed by atoms with Gasteiger partial charge in [-0.05, 0) is 42.5 Å². The molecule has 3 aromatic rings. The Morgan fingerprint density at radius 2 is 1.47 bits per heavy atom. The summed E-state index contributed by atoms with van der Waals surface area (Å²) in [6.45, 7) is 1.36. The van der Waals surface area contributed by atoms with Crippen LogP contribution >= 0.6 is 11.8 Å². The largest absolute Gasteiger partial charge is 0.373 e. The van der Waals surface area contributed by atoms with Crippen molar-refractivity contribution < 1.29 is 9.53 Å². The summed E-state index contributed by atoms with van der Waals surface area (Å²) in [5, 5.41) is 0. The fraction of sp³-hybridized carbons (Fsp3) is 0.321. The van der Waals surface area contributed by atoms with Crippen LogP contribution < -0.4 is 0 Å². The van der Waals surface area contributed by atoms with E-state index in [0.29, 0.717) is 13.0 Å². The molecule has 1 unspecified atom stereocenters. The van der Waals surface area contributed by atoms with Gasteiger partial charge in [0, 0.05) is 29.7 Å². The molecular weight excluding hydrogens is 414 g/mol. The Hall–Kier alpha value is -2.56. The average Bonchev–Trinajstić information content (AvgIpc) is 3.03. The molecule has 0 spiro atoms. The fourth-order valence-corrected chi connectivity index (χ4v) is 5.21. The van der Waals surface area contributed by atoms with Gasteiger partial charge in [-0.1, -0.05) is 78.9 Å². The molecule has 1 amide bonds. The zero-order chi connectivity index (χ0) is 22.0. The Labute approximate surface area is 195 Å². The van der Waals surface area contributed by atoms with Crippen molar-refractivity contribution in [2.75, 3.05) is 12.3 Å². The van der Waals surface area contributed by atoms with Crippen LogP contribution in [0.25, 0.3) is 0 Å². The van der Waals surface area contributed by atoms with E-state index in [0.717, 1.165) is 31.6 Å². The van der Waals surface area contributed by atoms with Crippen LogP contribution in [0.15, 0.2) is 95.9 Å². The zero-order valence-electron chi connectivity index (χ0n) is 18.4. The number of rotatable bonds is 9. The first kappa shape index (κ1) is 22.6. The Morgan fingerprint density at radius 3 is 2.16 bits per heavy atom. The van der Waals surface area contributed by atoms with Crippen molar-refractivity contribution >= 4 is 17.7 Å². The first-order chi connectivity index (χ1) is 15.8. The molecule has 1 saturated heterocycles. The highest BCUT2D eigenvalue weighted by atomic mass is 32.2. The van der Waals surface area contributed by atoms with E-state index in [1.54, 1.807) is 0 Å². The number of carbonyl (C=O) groups is 1. The molecule has 3 nitrogen and oxygen atoms in total. The number of ether oxygens (including phenoxy) is 1. The third kappa shape index (κ3) is 6.72. The van der Waals surface area contributed by atoms with Crippen LogP contribution in [0, 0.1) is 0 Å². The maximum Gasteiger partial charge on any atom is 0.222 e. The van der Waals surface area contributed by atoms with Crippen LogP contribution in [0.2, 0.25) is 0 Å². The third-order valence-corrected chi connectivity index (χ3v) is 7.12. The van der Waals surface area contributed by atoms with E-state index in [9.17, 15) is 4.79 Å². The number of likely N-dealkylation sites (tertiary alicyclic amines) is 1. The molecule has 166 valence electrons. The van der Waals surface area contributed by atoms with Gasteiger partial charge in [-0.15, -0.1) is 11.8 Å². The highest BCUT2D eigenvalue weighted by molar-refractivity contribution is 7.99. The molecule has 0 saturated carbocycles. The van der Waals surface area contributed by atoms with Gasteiger partial charge in [-0.2, -0.15) is 0 Å². The summed E-state index contributed by atoms with van der Waals surface area (Å²) in [7, 11) is 0. The Kier molecular flexibility index (Phi) is 8.41. The van der Waals surface area contributed by atoms with Crippen LogP contribution in [0.1, 0.15) is 30.4 Å². The van der Waals surface area contributed by atoms with Gasteiger partial charge in [-0.3, -0.25) is 4.79 Å². The molecule has 32 heavy (non-hydrogen) atoms. The van der Waals surface area contributed by atoms with E-state index in [-0.39, 0.29) is 18.1 Å². The van der Waals surface area contributed by atoms with Crippen LogP contribution in [-0.4, -0.2) is 35.3 Å². The summed E-state index contributed by atoms with van der Waals surface area (Å²) in [5.41, 5.74) is 2.46. The van der Waals surface area contributed by atoms with Crippen LogP contribution in [0.3, 0.4) is 0 Å². The Morgan fingerprint density at radius 1 is 0.844 bits per heavy atom. The monoisotopic (exact) mass is 445 g/mol. The van der Waals surface area contributed by atoms with E-state index in [4.69, 9.17) is 4.74 Å². The van der Waals surface area contributed by atoms with Gasteiger partial charge in [0.05, 0.1) is 12.7 Å². The van der Waals surface area contributed by atoms with Gasteiger partial charge in [0.1, 0.15) is 0 Å². The Balaban J connectivity index is 1.41. The number of amides is 1. The normalized spacial score (nSPS) is 17.7. The van der Waals surface area contributed by atoms with Crippen LogP contribution in [-0.2, 0) is 22.6 Å². The second-order valence-corrected chi connectivity index (χ2v) is 9.39. The molecule has 0 aliphatic carbocycles. The summed E-state index contributed by atoms with van der Waals surface area (Å²) in [4.78, 5) is 16.5. The quantitative estimate of drug-likeness (QED) is 0.379. The van der Waals surface area contributed by atoms with Crippen molar-refractivity contribution in [2.45, 2.75) is 49.3 Å². The van der Waals surface area contributed by atoms with Gasteiger partial charge >= 0.3 is 0 Å². The van der Waals surface area contributed by atoms with E-state index < -0.39 is 0 Å². The molecule has 1 fully saturated rings. The van der Waals surface area contributed by atoms with E-state index in [1.807, 2.05) is 42.1 Å². The number of benzene rings is 3. The van der Waals surface area contributed by atoms with Crippen molar-refractivity contribution in [1.82, 2.24) is 4.90 Å². The highest BCUT2D eigenvalue weighted by Crippen LogP contribution is 2.25. The molecule has 0 bridgehead atoms. The van der Waals surface area contributed by atoms with Crippen molar-refractivity contribution in [2.24, 2.45) is 0 Å². The molecule has 4 heteroatoms. The van der Waals surface area contributed by atoms with Crippen LogP contribution in [0.5, 0.6) is 0 Å². The molecule has 2 atom stereocenters. The van der Waals surface area contributed by atoms with Gasteiger partial charge in [0.2, 0.25) is 5.91 Å². The van der Waals surface area contributed by atoms with Crippen molar-refractivity contribution in [3.63, 3.8) is 0 Å². The minimum Gasteiger partial charge on any atom is -0.373 e. The minimum absolute atomic E-state index is 0.128. The minimum atomic E-state index is 0.128. The molecule has 1 heterocycles. The van der Waals surface area contributed by atoms with Crippen LogP contribution in [0.4, 0.5) is 0 Å².